The van der Waals surface area contributed by atoms with Gasteiger partial charge in [-0.1, -0.05) is 91.8 Å². The Kier molecular flexibility index (Phi) is 14.9. The Hall–Kier alpha value is -2.09. The van der Waals surface area contributed by atoms with Gasteiger partial charge in [0.05, 0.1) is 42.7 Å². The molecule has 0 saturated carbocycles. The second-order valence-electron chi connectivity index (χ2n) is 17.0. The lowest BCUT2D eigenvalue weighted by molar-refractivity contribution is -0.121. The molecule has 0 aliphatic heterocycles. The highest BCUT2D eigenvalue weighted by Crippen LogP contribution is 2.41. The van der Waals surface area contributed by atoms with Crippen molar-refractivity contribution in [2.45, 2.75) is 141 Å². The van der Waals surface area contributed by atoms with Gasteiger partial charge in [0.2, 0.25) is 0 Å². The first-order valence-electron chi connectivity index (χ1n) is 17.4. The van der Waals surface area contributed by atoms with Crippen LogP contribution in [0.3, 0.4) is 0 Å². The summed E-state index contributed by atoms with van der Waals surface area (Å²) >= 11 is 0. The van der Waals surface area contributed by atoms with Gasteiger partial charge in [0.15, 0.2) is 32.3 Å². The fraction of sp³-hybridized carbons (Fsp3) is 0.615. The largest absolute Gasteiger partial charge is 0.497 e. The number of sulfone groups is 1. The van der Waals surface area contributed by atoms with E-state index in [1.165, 1.54) is 6.08 Å². The number of allylic oxidation sites excluding steroid dienone is 1. The van der Waals surface area contributed by atoms with Crippen LogP contribution in [0.1, 0.15) is 80.7 Å². The molecule has 0 fully saturated rings. The van der Waals surface area contributed by atoms with Gasteiger partial charge in [-0.25, -0.2) is 8.42 Å². The van der Waals surface area contributed by atoms with Crippen molar-refractivity contribution in [3.63, 3.8) is 0 Å². The summed E-state index contributed by atoms with van der Waals surface area (Å²) in [4.78, 5) is 13.7. The first-order valence-corrected chi connectivity index (χ1v) is 24.9. The lowest BCUT2D eigenvalue weighted by Crippen LogP contribution is -2.51. The Morgan fingerprint density at radius 1 is 0.816 bits per heavy atom. The molecule has 10 heteroatoms. The van der Waals surface area contributed by atoms with Crippen LogP contribution in [0.15, 0.2) is 71.6 Å². The van der Waals surface area contributed by atoms with Gasteiger partial charge in [0, 0.05) is 11.8 Å². The third-order valence-electron chi connectivity index (χ3n) is 10.2. The molecule has 49 heavy (non-hydrogen) atoms. The quantitative estimate of drug-likeness (QED) is 0.111. The Bertz CT molecular complexity index is 1470. The SMILES string of the molecule is COc1ccc(CO[C@@H](C/C=C/C(=O)C(C)(C)CS(=O)(=O)c2ccccc2)C[C@@H](O[Si](C)(C)C(C)(C)C)[C@@H](C)O[Si](C)(C)C(C)(C)C)cc1. The minimum Gasteiger partial charge on any atom is -0.497 e. The molecule has 2 aromatic rings. The molecule has 0 aliphatic rings. The molecule has 2 rings (SSSR count). The van der Waals surface area contributed by atoms with Gasteiger partial charge in [0.25, 0.3) is 0 Å². The lowest BCUT2D eigenvalue weighted by Gasteiger charge is -2.45. The van der Waals surface area contributed by atoms with Crippen LogP contribution in [0.2, 0.25) is 36.3 Å². The molecule has 3 atom stereocenters. The maximum absolute atomic E-state index is 13.4. The molecule has 0 amide bonds. The monoisotopic (exact) mass is 732 g/mol. The number of carbonyl (C=O) groups is 1. The third kappa shape index (κ3) is 12.9. The van der Waals surface area contributed by atoms with E-state index >= 15 is 0 Å². The number of hydrogen-bond donors (Lipinski definition) is 0. The number of hydrogen-bond acceptors (Lipinski definition) is 7. The molecule has 0 spiro atoms. The number of ether oxygens (including phenoxy) is 2. The molecule has 7 nitrogen and oxygen atoms in total. The Labute approximate surface area is 300 Å². The smallest absolute Gasteiger partial charge is 0.192 e. The van der Waals surface area contributed by atoms with Crippen LogP contribution in [0.4, 0.5) is 0 Å². The predicted molar refractivity (Wildman–Crippen MR) is 207 cm³/mol. The first kappa shape index (κ1) is 43.1. The Morgan fingerprint density at radius 2 is 1.35 bits per heavy atom. The number of ketones is 1. The highest BCUT2D eigenvalue weighted by Gasteiger charge is 2.44. The normalized spacial score (nSPS) is 15.6. The van der Waals surface area contributed by atoms with E-state index in [2.05, 4.69) is 74.7 Å². The maximum atomic E-state index is 13.4. The molecule has 0 saturated heterocycles. The van der Waals surface area contributed by atoms with Gasteiger partial charge in [-0.2, -0.15) is 0 Å². The zero-order chi connectivity index (χ0) is 37.5. The summed E-state index contributed by atoms with van der Waals surface area (Å²) in [6.07, 6.45) is 3.67. The standard InChI is InChI=1S/C39H64O7SSi2/c1-30(45-48(11,12)37(2,3)4)35(46-49(13,14)38(5,6)7)27-33(44-28-31-23-25-32(43-10)26-24-31)19-18-22-36(40)39(8,9)29-47(41,42)34-20-16-15-17-21-34/h15-18,20-26,30,33,35H,19,27-29H2,1-14H3/b22-18+/t30-,33+,35-/m1/s1. The number of methoxy groups -OCH3 is 1. The van der Waals surface area contributed by atoms with Crippen molar-refractivity contribution in [3.05, 3.63) is 72.3 Å². The lowest BCUT2D eigenvalue weighted by atomic mass is 9.90. The molecule has 0 radical (unpaired) electrons. The highest BCUT2D eigenvalue weighted by molar-refractivity contribution is 7.91. The van der Waals surface area contributed by atoms with Crippen LogP contribution >= 0.6 is 0 Å². The summed E-state index contributed by atoms with van der Waals surface area (Å²) in [5.41, 5.74) is -0.102. The fourth-order valence-electron chi connectivity index (χ4n) is 4.85. The number of benzene rings is 2. The third-order valence-corrected chi connectivity index (χ3v) is 21.4. The van der Waals surface area contributed by atoms with E-state index in [-0.39, 0.29) is 44.8 Å². The zero-order valence-corrected chi connectivity index (χ0v) is 35.5. The fourth-order valence-corrected chi connectivity index (χ4v) is 9.51. The summed E-state index contributed by atoms with van der Waals surface area (Å²) in [5.74, 6) is 0.248. The summed E-state index contributed by atoms with van der Waals surface area (Å²) in [6, 6.07) is 16.1. The van der Waals surface area contributed by atoms with Crippen molar-refractivity contribution >= 4 is 32.3 Å². The van der Waals surface area contributed by atoms with Crippen molar-refractivity contribution in [1.29, 1.82) is 0 Å². The topological polar surface area (TPSA) is 88.1 Å². The molecule has 0 N–H and O–H groups in total. The molecule has 0 heterocycles. The van der Waals surface area contributed by atoms with Crippen molar-refractivity contribution in [2.75, 3.05) is 12.9 Å². The van der Waals surface area contributed by atoms with Gasteiger partial charge in [-0.15, -0.1) is 0 Å². The van der Waals surface area contributed by atoms with Gasteiger partial charge >= 0.3 is 0 Å². The molecular weight excluding hydrogens is 669 g/mol. The van der Waals surface area contributed by atoms with Crippen molar-refractivity contribution in [1.82, 2.24) is 0 Å². The first-order chi connectivity index (χ1) is 22.3. The minimum absolute atomic E-state index is 0.000612. The van der Waals surface area contributed by atoms with Crippen LogP contribution in [-0.2, 0) is 34.8 Å². The van der Waals surface area contributed by atoms with E-state index in [1.54, 1.807) is 51.3 Å². The highest BCUT2D eigenvalue weighted by atomic mass is 32.2. The van der Waals surface area contributed by atoms with Crippen LogP contribution in [0.5, 0.6) is 5.75 Å². The zero-order valence-electron chi connectivity index (χ0n) is 32.7. The molecule has 276 valence electrons. The van der Waals surface area contributed by atoms with E-state index in [1.807, 2.05) is 30.3 Å². The summed E-state index contributed by atoms with van der Waals surface area (Å²) < 4.78 is 52.1. The van der Waals surface area contributed by atoms with Crippen LogP contribution in [-0.4, -0.2) is 62.0 Å². The second kappa shape index (κ2) is 17.0. The van der Waals surface area contributed by atoms with Gasteiger partial charge in [0.1, 0.15) is 5.75 Å². The van der Waals surface area contributed by atoms with E-state index in [0.717, 1.165) is 11.3 Å². The van der Waals surface area contributed by atoms with Gasteiger partial charge in [-0.3, -0.25) is 4.79 Å². The molecular formula is C39H64O7SSi2. The molecule has 0 unspecified atom stereocenters. The van der Waals surface area contributed by atoms with E-state index in [0.29, 0.717) is 19.4 Å². The molecule has 0 aromatic heterocycles. The van der Waals surface area contributed by atoms with Crippen LogP contribution < -0.4 is 4.74 Å². The van der Waals surface area contributed by atoms with Gasteiger partial charge < -0.3 is 18.3 Å². The summed E-state index contributed by atoms with van der Waals surface area (Å²) in [7, 11) is -6.32. The van der Waals surface area contributed by atoms with Gasteiger partial charge in [-0.05, 0) is 85.5 Å². The van der Waals surface area contributed by atoms with Crippen molar-refractivity contribution in [2.24, 2.45) is 5.41 Å². The van der Waals surface area contributed by atoms with E-state index < -0.39 is 31.9 Å². The molecule has 0 aliphatic carbocycles. The maximum Gasteiger partial charge on any atom is 0.192 e. The number of carbonyl (C=O) groups excluding carboxylic acids is 1. The summed E-state index contributed by atoms with van der Waals surface area (Å²) in [5, 5.41) is 0.0380. The second-order valence-corrected chi connectivity index (χ2v) is 28.5. The number of rotatable bonds is 18. The molecule has 0 bridgehead atoms. The van der Waals surface area contributed by atoms with Crippen LogP contribution in [0, 0.1) is 5.41 Å². The average molecular weight is 733 g/mol. The Balaban J connectivity index is 2.38. The van der Waals surface area contributed by atoms with E-state index in [4.69, 9.17) is 18.3 Å². The summed E-state index contributed by atoms with van der Waals surface area (Å²) in [6.45, 7) is 28.3. The van der Waals surface area contributed by atoms with Crippen molar-refractivity contribution in [3.8, 4) is 5.75 Å². The van der Waals surface area contributed by atoms with Crippen molar-refractivity contribution < 1.29 is 31.5 Å². The minimum atomic E-state index is -3.64. The Morgan fingerprint density at radius 3 is 1.86 bits per heavy atom. The average Bonchev–Trinajstić information content (AvgIpc) is 2.98. The molecule has 2 aromatic carbocycles. The predicted octanol–water partition coefficient (Wildman–Crippen LogP) is 9.79. The van der Waals surface area contributed by atoms with E-state index in [9.17, 15) is 13.2 Å². The van der Waals surface area contributed by atoms with Crippen LogP contribution in [0.25, 0.3) is 0 Å².